The standard InChI is InChI=1S/C12H12BrN3O3/c1-7-3-4-11(19-7)8(2)15-12-10(16(17)18)5-9(13)6-14-12/h3-6,8H,1-2H3,(H,14,15). The zero-order valence-electron chi connectivity index (χ0n) is 10.4. The quantitative estimate of drug-likeness (QED) is 0.682. The van der Waals surface area contributed by atoms with Crippen molar-refractivity contribution in [2.75, 3.05) is 5.32 Å². The molecule has 0 fully saturated rings. The van der Waals surface area contributed by atoms with E-state index >= 15 is 0 Å². The summed E-state index contributed by atoms with van der Waals surface area (Å²) in [5, 5.41) is 14.0. The van der Waals surface area contributed by atoms with Crippen LogP contribution < -0.4 is 5.32 Å². The van der Waals surface area contributed by atoms with Crippen LogP contribution in [0.3, 0.4) is 0 Å². The SMILES string of the molecule is Cc1ccc(C(C)Nc2ncc(Br)cc2[N+](=O)[O-])o1. The van der Waals surface area contributed by atoms with Gasteiger partial charge in [0.2, 0.25) is 5.82 Å². The molecular formula is C12H12BrN3O3. The summed E-state index contributed by atoms with van der Waals surface area (Å²) in [5.41, 5.74) is -0.0792. The molecular weight excluding hydrogens is 314 g/mol. The second kappa shape index (κ2) is 5.40. The van der Waals surface area contributed by atoms with Crippen LogP contribution in [0.15, 0.2) is 33.3 Å². The number of aromatic nitrogens is 1. The van der Waals surface area contributed by atoms with Crippen molar-refractivity contribution < 1.29 is 9.34 Å². The number of hydrogen-bond acceptors (Lipinski definition) is 5. The van der Waals surface area contributed by atoms with E-state index in [0.717, 1.165) is 5.76 Å². The van der Waals surface area contributed by atoms with Gasteiger partial charge in [0, 0.05) is 16.7 Å². The fraction of sp³-hybridized carbons (Fsp3) is 0.250. The molecule has 7 heteroatoms. The molecule has 1 atom stereocenters. The largest absolute Gasteiger partial charge is 0.464 e. The first-order valence-electron chi connectivity index (χ1n) is 5.60. The number of nitrogens with one attached hydrogen (secondary N) is 1. The molecule has 1 unspecified atom stereocenters. The third kappa shape index (κ3) is 3.11. The number of nitro groups is 1. The topological polar surface area (TPSA) is 81.2 Å². The van der Waals surface area contributed by atoms with Crippen LogP contribution in [0.2, 0.25) is 0 Å². The molecule has 0 aliphatic heterocycles. The molecule has 0 saturated carbocycles. The number of pyridine rings is 1. The van der Waals surface area contributed by atoms with Crippen molar-refractivity contribution in [2.24, 2.45) is 0 Å². The Morgan fingerprint density at radius 2 is 2.26 bits per heavy atom. The number of aryl methyl sites for hydroxylation is 1. The molecule has 0 aliphatic carbocycles. The lowest BCUT2D eigenvalue weighted by atomic mass is 10.2. The molecule has 2 aromatic heterocycles. The van der Waals surface area contributed by atoms with Crippen molar-refractivity contribution in [3.8, 4) is 0 Å². The maximum Gasteiger partial charge on any atom is 0.312 e. The van der Waals surface area contributed by atoms with E-state index in [1.807, 2.05) is 26.0 Å². The fourth-order valence-electron chi connectivity index (χ4n) is 1.64. The lowest BCUT2D eigenvalue weighted by molar-refractivity contribution is -0.384. The summed E-state index contributed by atoms with van der Waals surface area (Å²) in [6.07, 6.45) is 1.51. The normalized spacial score (nSPS) is 12.2. The minimum atomic E-state index is -0.472. The van der Waals surface area contributed by atoms with Crippen molar-refractivity contribution in [1.29, 1.82) is 0 Å². The fourth-order valence-corrected chi connectivity index (χ4v) is 1.96. The highest BCUT2D eigenvalue weighted by molar-refractivity contribution is 9.10. The van der Waals surface area contributed by atoms with Gasteiger partial charge in [0.1, 0.15) is 11.5 Å². The predicted molar refractivity (Wildman–Crippen MR) is 74.1 cm³/mol. The van der Waals surface area contributed by atoms with Gasteiger partial charge >= 0.3 is 5.69 Å². The van der Waals surface area contributed by atoms with Gasteiger partial charge in [0.15, 0.2) is 0 Å². The average molecular weight is 326 g/mol. The van der Waals surface area contributed by atoms with Gasteiger partial charge in [-0.1, -0.05) is 0 Å². The first-order valence-corrected chi connectivity index (χ1v) is 6.39. The Morgan fingerprint density at radius 3 is 2.84 bits per heavy atom. The molecule has 0 spiro atoms. The van der Waals surface area contributed by atoms with E-state index in [1.165, 1.54) is 12.3 Å². The Bertz CT molecular complexity index is 612. The van der Waals surface area contributed by atoms with Crippen LogP contribution in [-0.2, 0) is 0 Å². The summed E-state index contributed by atoms with van der Waals surface area (Å²) in [5.74, 6) is 1.72. The van der Waals surface area contributed by atoms with E-state index in [9.17, 15) is 10.1 Å². The number of anilines is 1. The van der Waals surface area contributed by atoms with Gasteiger partial charge in [-0.3, -0.25) is 10.1 Å². The summed E-state index contributed by atoms with van der Waals surface area (Å²) < 4.78 is 6.03. The lowest BCUT2D eigenvalue weighted by Crippen LogP contribution is -2.09. The Hall–Kier alpha value is -1.89. The number of hydrogen-bond donors (Lipinski definition) is 1. The number of rotatable bonds is 4. The molecule has 2 rings (SSSR count). The molecule has 0 aromatic carbocycles. The summed E-state index contributed by atoms with van der Waals surface area (Å²) in [6.45, 7) is 3.70. The molecule has 0 amide bonds. The van der Waals surface area contributed by atoms with Crippen LogP contribution in [0.25, 0.3) is 0 Å². The van der Waals surface area contributed by atoms with E-state index in [0.29, 0.717) is 10.2 Å². The Labute approximate surface area is 118 Å². The highest BCUT2D eigenvalue weighted by Gasteiger charge is 2.19. The van der Waals surface area contributed by atoms with Crippen LogP contribution in [0.4, 0.5) is 11.5 Å². The van der Waals surface area contributed by atoms with Crippen molar-refractivity contribution in [3.05, 3.63) is 50.5 Å². The van der Waals surface area contributed by atoms with Crippen molar-refractivity contribution >= 4 is 27.4 Å². The Morgan fingerprint density at radius 1 is 1.53 bits per heavy atom. The summed E-state index contributed by atoms with van der Waals surface area (Å²) in [6, 6.07) is 4.88. The van der Waals surface area contributed by atoms with E-state index < -0.39 is 4.92 Å². The third-order valence-electron chi connectivity index (χ3n) is 2.57. The maximum absolute atomic E-state index is 11.0. The van der Waals surface area contributed by atoms with Gasteiger partial charge in [-0.15, -0.1) is 0 Å². The molecule has 1 N–H and O–H groups in total. The lowest BCUT2D eigenvalue weighted by Gasteiger charge is -2.12. The molecule has 6 nitrogen and oxygen atoms in total. The van der Waals surface area contributed by atoms with Crippen LogP contribution in [0.5, 0.6) is 0 Å². The van der Waals surface area contributed by atoms with Gasteiger partial charge in [0.05, 0.1) is 11.0 Å². The van der Waals surface area contributed by atoms with Gasteiger partial charge < -0.3 is 9.73 Å². The van der Waals surface area contributed by atoms with Crippen molar-refractivity contribution in [1.82, 2.24) is 4.98 Å². The van der Waals surface area contributed by atoms with Crippen molar-refractivity contribution in [3.63, 3.8) is 0 Å². The van der Waals surface area contributed by atoms with Gasteiger partial charge in [-0.25, -0.2) is 4.98 Å². The van der Waals surface area contributed by atoms with Crippen molar-refractivity contribution in [2.45, 2.75) is 19.9 Å². The van der Waals surface area contributed by atoms with E-state index in [-0.39, 0.29) is 17.5 Å². The first kappa shape index (κ1) is 13.5. The second-order valence-corrected chi connectivity index (χ2v) is 5.01. The minimum absolute atomic E-state index is 0.0792. The summed E-state index contributed by atoms with van der Waals surface area (Å²) in [7, 11) is 0. The van der Waals surface area contributed by atoms with E-state index in [4.69, 9.17) is 4.42 Å². The number of furan rings is 1. The van der Waals surface area contributed by atoms with Gasteiger partial charge in [-0.05, 0) is 41.9 Å². The Balaban J connectivity index is 2.26. The number of halogens is 1. The molecule has 0 saturated heterocycles. The molecule has 0 radical (unpaired) electrons. The van der Waals surface area contributed by atoms with Crippen LogP contribution in [-0.4, -0.2) is 9.91 Å². The Kier molecular flexibility index (Phi) is 3.84. The highest BCUT2D eigenvalue weighted by atomic mass is 79.9. The smallest absolute Gasteiger partial charge is 0.312 e. The van der Waals surface area contributed by atoms with Crippen LogP contribution >= 0.6 is 15.9 Å². The average Bonchev–Trinajstić information content (AvgIpc) is 2.78. The summed E-state index contributed by atoms with van der Waals surface area (Å²) >= 11 is 3.17. The minimum Gasteiger partial charge on any atom is -0.464 e. The van der Waals surface area contributed by atoms with E-state index in [1.54, 1.807) is 0 Å². The monoisotopic (exact) mass is 325 g/mol. The second-order valence-electron chi connectivity index (χ2n) is 4.09. The molecule has 2 aromatic rings. The molecule has 0 aliphatic rings. The zero-order valence-corrected chi connectivity index (χ0v) is 12.0. The molecule has 100 valence electrons. The van der Waals surface area contributed by atoms with E-state index in [2.05, 4.69) is 26.2 Å². The zero-order chi connectivity index (χ0) is 14.0. The number of nitrogens with zero attached hydrogens (tertiary/aromatic N) is 2. The molecule has 0 bridgehead atoms. The molecule has 2 heterocycles. The maximum atomic E-state index is 11.0. The summed E-state index contributed by atoms with van der Waals surface area (Å²) in [4.78, 5) is 14.5. The highest BCUT2D eigenvalue weighted by Crippen LogP contribution is 2.28. The first-order chi connectivity index (χ1) is 8.97. The third-order valence-corrected chi connectivity index (χ3v) is 3.01. The molecule has 19 heavy (non-hydrogen) atoms. The van der Waals surface area contributed by atoms with Gasteiger partial charge in [-0.2, -0.15) is 0 Å². The van der Waals surface area contributed by atoms with Crippen LogP contribution in [0, 0.1) is 17.0 Å². The van der Waals surface area contributed by atoms with Gasteiger partial charge in [0.25, 0.3) is 0 Å². The predicted octanol–water partition coefficient (Wildman–Crippen LogP) is 3.83. The van der Waals surface area contributed by atoms with Crippen LogP contribution in [0.1, 0.15) is 24.5 Å².